The molecule has 1 aliphatic heterocycles. The number of imidazole rings is 1. The van der Waals surface area contributed by atoms with E-state index in [1.807, 2.05) is 28.9 Å². The van der Waals surface area contributed by atoms with E-state index in [1.54, 1.807) is 12.1 Å². The first kappa shape index (κ1) is 16.1. The Kier molecular flexibility index (Phi) is 3.59. The summed E-state index contributed by atoms with van der Waals surface area (Å²) in [6, 6.07) is 9.45. The zero-order valence-corrected chi connectivity index (χ0v) is 15.0. The van der Waals surface area contributed by atoms with Crippen molar-refractivity contribution in [1.82, 2.24) is 9.38 Å². The van der Waals surface area contributed by atoms with Crippen LogP contribution in [0.15, 0.2) is 47.6 Å². The van der Waals surface area contributed by atoms with Crippen LogP contribution in [0.3, 0.4) is 0 Å². The summed E-state index contributed by atoms with van der Waals surface area (Å²) in [6.45, 7) is 4.87. The van der Waals surface area contributed by atoms with Gasteiger partial charge < -0.3 is 9.30 Å². The molecule has 0 saturated carbocycles. The van der Waals surface area contributed by atoms with E-state index in [0.29, 0.717) is 6.54 Å². The Morgan fingerprint density at radius 3 is 2.84 bits per heavy atom. The van der Waals surface area contributed by atoms with Gasteiger partial charge in [-0.15, -0.1) is 0 Å². The molecule has 2 N–H and O–H groups in total. The standard InChI is InChI=1S/C18H20N4O2S/c1-12-4-3-7-21-10-15(20-18(12)21)11-22-13(2)8-14-9-16(25(19,23)24)5-6-17(14)22/h3-7,9-10,13H,8,11H2,1-2H3,(H2,19,23,24)/t13-/m1/s1. The molecule has 3 heterocycles. The number of anilines is 1. The van der Waals surface area contributed by atoms with E-state index in [1.165, 1.54) is 0 Å². The summed E-state index contributed by atoms with van der Waals surface area (Å²) in [4.78, 5) is 7.18. The molecule has 0 amide bonds. The molecule has 0 aliphatic carbocycles. The molecule has 25 heavy (non-hydrogen) atoms. The van der Waals surface area contributed by atoms with Crippen molar-refractivity contribution >= 4 is 21.4 Å². The number of sulfonamides is 1. The number of aromatic nitrogens is 2. The van der Waals surface area contributed by atoms with Crippen LogP contribution in [-0.4, -0.2) is 23.8 Å². The molecular weight excluding hydrogens is 336 g/mol. The number of pyridine rings is 1. The van der Waals surface area contributed by atoms with Gasteiger partial charge in [0.15, 0.2) is 0 Å². The molecule has 0 bridgehead atoms. The SMILES string of the molecule is Cc1cccn2cc(CN3c4ccc(S(N)(=O)=O)cc4C[C@H]3C)nc12. The van der Waals surface area contributed by atoms with Crippen LogP contribution < -0.4 is 10.0 Å². The van der Waals surface area contributed by atoms with Gasteiger partial charge in [0.2, 0.25) is 10.0 Å². The Bertz CT molecular complexity index is 1070. The average molecular weight is 356 g/mol. The lowest BCUT2D eigenvalue weighted by Gasteiger charge is -2.23. The minimum absolute atomic E-state index is 0.170. The lowest BCUT2D eigenvalue weighted by atomic mass is 10.1. The fraction of sp³-hybridized carbons (Fsp3) is 0.278. The van der Waals surface area contributed by atoms with Crippen molar-refractivity contribution in [2.75, 3.05) is 4.90 Å². The molecule has 0 fully saturated rings. The second-order valence-corrected chi connectivity index (χ2v) is 8.23. The highest BCUT2D eigenvalue weighted by atomic mass is 32.2. The first-order valence-electron chi connectivity index (χ1n) is 8.18. The number of nitrogens with two attached hydrogens (primary N) is 1. The highest BCUT2D eigenvalue weighted by Gasteiger charge is 2.28. The van der Waals surface area contributed by atoms with Crippen LogP contribution in [0.1, 0.15) is 23.7 Å². The van der Waals surface area contributed by atoms with Gasteiger partial charge in [-0.25, -0.2) is 18.5 Å². The summed E-state index contributed by atoms with van der Waals surface area (Å²) in [5.41, 5.74) is 5.16. The number of benzene rings is 1. The Balaban J connectivity index is 1.69. The molecule has 0 radical (unpaired) electrons. The fourth-order valence-corrected chi connectivity index (χ4v) is 4.11. The van der Waals surface area contributed by atoms with Gasteiger partial charge in [0.25, 0.3) is 0 Å². The van der Waals surface area contributed by atoms with Crippen molar-refractivity contribution in [3.63, 3.8) is 0 Å². The summed E-state index contributed by atoms with van der Waals surface area (Å²) in [6.07, 6.45) is 4.84. The van der Waals surface area contributed by atoms with Gasteiger partial charge in [-0.2, -0.15) is 0 Å². The molecule has 3 aromatic rings. The second kappa shape index (κ2) is 5.57. The van der Waals surface area contributed by atoms with Crippen molar-refractivity contribution in [3.8, 4) is 0 Å². The highest BCUT2D eigenvalue weighted by molar-refractivity contribution is 7.89. The van der Waals surface area contributed by atoms with E-state index in [0.717, 1.165) is 34.6 Å². The first-order valence-corrected chi connectivity index (χ1v) is 9.73. The summed E-state index contributed by atoms with van der Waals surface area (Å²) < 4.78 is 25.2. The smallest absolute Gasteiger partial charge is 0.238 e. The van der Waals surface area contributed by atoms with Gasteiger partial charge in [0.05, 0.1) is 17.1 Å². The Morgan fingerprint density at radius 1 is 1.32 bits per heavy atom. The van der Waals surface area contributed by atoms with Gasteiger partial charge in [0, 0.05) is 24.1 Å². The monoisotopic (exact) mass is 356 g/mol. The lowest BCUT2D eigenvalue weighted by Crippen LogP contribution is -2.28. The first-order chi connectivity index (χ1) is 11.8. The van der Waals surface area contributed by atoms with Crippen molar-refractivity contribution in [2.24, 2.45) is 5.14 Å². The topological polar surface area (TPSA) is 80.7 Å². The van der Waals surface area contributed by atoms with Crippen LogP contribution in [0, 0.1) is 6.92 Å². The van der Waals surface area contributed by atoms with E-state index >= 15 is 0 Å². The zero-order chi connectivity index (χ0) is 17.8. The molecule has 1 aliphatic rings. The van der Waals surface area contributed by atoms with E-state index in [4.69, 9.17) is 10.1 Å². The summed E-state index contributed by atoms with van der Waals surface area (Å²) in [7, 11) is -3.67. The second-order valence-electron chi connectivity index (χ2n) is 6.67. The lowest BCUT2D eigenvalue weighted by molar-refractivity contribution is 0.597. The molecule has 2 aromatic heterocycles. The van der Waals surface area contributed by atoms with Crippen LogP contribution >= 0.6 is 0 Å². The van der Waals surface area contributed by atoms with Crippen LogP contribution in [0.25, 0.3) is 5.65 Å². The van der Waals surface area contributed by atoms with Crippen LogP contribution in [0.4, 0.5) is 5.69 Å². The summed E-state index contributed by atoms with van der Waals surface area (Å²) >= 11 is 0. The Hall–Kier alpha value is -2.38. The van der Waals surface area contributed by atoms with E-state index < -0.39 is 10.0 Å². The maximum absolute atomic E-state index is 11.6. The number of primary sulfonamides is 1. The number of hydrogen-bond donors (Lipinski definition) is 1. The molecule has 1 aromatic carbocycles. The van der Waals surface area contributed by atoms with E-state index in [-0.39, 0.29) is 10.9 Å². The summed E-state index contributed by atoms with van der Waals surface area (Å²) in [5, 5.41) is 5.25. The fourth-order valence-electron chi connectivity index (χ4n) is 3.54. The highest BCUT2D eigenvalue weighted by Crippen LogP contribution is 2.34. The molecule has 0 saturated heterocycles. The number of nitrogens with zero attached hydrogens (tertiary/aromatic N) is 3. The molecule has 130 valence electrons. The van der Waals surface area contributed by atoms with E-state index in [9.17, 15) is 8.42 Å². The Labute approximate surface area is 147 Å². The molecule has 1 atom stereocenters. The van der Waals surface area contributed by atoms with Gasteiger partial charge in [-0.1, -0.05) is 6.07 Å². The van der Waals surface area contributed by atoms with Crippen molar-refractivity contribution in [3.05, 3.63) is 59.5 Å². The normalized spacial score (nSPS) is 17.2. The van der Waals surface area contributed by atoms with Crippen LogP contribution in [-0.2, 0) is 23.0 Å². The molecule has 0 spiro atoms. The zero-order valence-electron chi connectivity index (χ0n) is 14.2. The Morgan fingerprint density at radius 2 is 2.12 bits per heavy atom. The predicted octanol–water partition coefficient (Wildman–Crippen LogP) is 2.24. The van der Waals surface area contributed by atoms with Crippen molar-refractivity contribution < 1.29 is 8.42 Å². The molecule has 0 unspecified atom stereocenters. The molecule has 4 rings (SSSR count). The van der Waals surface area contributed by atoms with Crippen molar-refractivity contribution in [1.29, 1.82) is 0 Å². The van der Waals surface area contributed by atoms with Gasteiger partial charge in [0.1, 0.15) is 5.65 Å². The third-order valence-corrected chi connectivity index (χ3v) is 5.71. The number of hydrogen-bond acceptors (Lipinski definition) is 4. The van der Waals surface area contributed by atoms with Crippen molar-refractivity contribution in [2.45, 2.75) is 37.8 Å². The quantitative estimate of drug-likeness (QED) is 0.780. The van der Waals surface area contributed by atoms with Crippen LogP contribution in [0.2, 0.25) is 0 Å². The molecule has 6 nitrogen and oxygen atoms in total. The molecular formula is C18H20N4O2S. The average Bonchev–Trinajstić information content (AvgIpc) is 3.08. The maximum atomic E-state index is 11.6. The minimum Gasteiger partial charge on any atom is -0.362 e. The molecule has 7 heteroatoms. The third kappa shape index (κ3) is 2.79. The predicted molar refractivity (Wildman–Crippen MR) is 97.1 cm³/mol. The van der Waals surface area contributed by atoms with Gasteiger partial charge in [-0.05, 0) is 55.7 Å². The number of rotatable bonds is 3. The van der Waals surface area contributed by atoms with E-state index in [2.05, 4.69) is 24.8 Å². The largest absolute Gasteiger partial charge is 0.362 e. The number of fused-ring (bicyclic) bond motifs is 2. The van der Waals surface area contributed by atoms with Gasteiger partial charge >= 0.3 is 0 Å². The third-order valence-electron chi connectivity index (χ3n) is 4.80. The van der Waals surface area contributed by atoms with Gasteiger partial charge in [-0.3, -0.25) is 0 Å². The van der Waals surface area contributed by atoms with Crippen LogP contribution in [0.5, 0.6) is 0 Å². The maximum Gasteiger partial charge on any atom is 0.238 e. The summed E-state index contributed by atoms with van der Waals surface area (Å²) in [5.74, 6) is 0. The number of aryl methyl sites for hydroxylation is 1. The minimum atomic E-state index is -3.67.